The van der Waals surface area contributed by atoms with Crippen molar-refractivity contribution < 1.29 is 9.59 Å². The fourth-order valence-electron chi connectivity index (χ4n) is 1.22. The number of rotatable bonds is 4. The van der Waals surface area contributed by atoms with Crippen molar-refractivity contribution in [2.45, 2.75) is 6.92 Å². The monoisotopic (exact) mass is 246 g/mol. The summed E-state index contributed by atoms with van der Waals surface area (Å²) < 4.78 is 0. The van der Waals surface area contributed by atoms with E-state index in [0.29, 0.717) is 17.8 Å². The van der Waals surface area contributed by atoms with E-state index in [4.69, 9.17) is 5.26 Å². The number of nitriles is 1. The van der Waals surface area contributed by atoms with Crippen LogP contribution < -0.4 is 16.0 Å². The van der Waals surface area contributed by atoms with Crippen LogP contribution in [0.3, 0.4) is 0 Å². The molecule has 0 aliphatic rings. The molecule has 0 aliphatic carbocycles. The molecule has 3 N–H and O–H groups in total. The zero-order valence-corrected chi connectivity index (χ0v) is 9.99. The normalized spacial score (nSPS) is 9.11. The molecule has 1 rings (SSSR count). The fourth-order valence-corrected chi connectivity index (χ4v) is 1.22. The molecular weight excluding hydrogens is 232 g/mol. The lowest BCUT2D eigenvalue weighted by Crippen LogP contribution is -2.41. The van der Waals surface area contributed by atoms with Crippen molar-refractivity contribution >= 4 is 17.6 Å². The average molecular weight is 246 g/mol. The summed E-state index contributed by atoms with van der Waals surface area (Å²) in [6, 6.07) is 8.16. The Morgan fingerprint density at radius 2 is 1.94 bits per heavy atom. The molecule has 94 valence electrons. The lowest BCUT2D eigenvalue weighted by atomic mass is 10.2. The van der Waals surface area contributed by atoms with E-state index in [0.717, 1.165) is 0 Å². The third-order valence-corrected chi connectivity index (χ3v) is 2.06. The first-order valence-corrected chi connectivity index (χ1v) is 5.47. The van der Waals surface area contributed by atoms with Crippen LogP contribution in [0.2, 0.25) is 0 Å². The zero-order valence-electron chi connectivity index (χ0n) is 9.99. The van der Waals surface area contributed by atoms with Gasteiger partial charge in [0.15, 0.2) is 0 Å². The van der Waals surface area contributed by atoms with Gasteiger partial charge >= 0.3 is 6.03 Å². The predicted octanol–water partition coefficient (Wildman–Crippen LogP) is 0.816. The number of carbonyl (C=O) groups is 2. The van der Waals surface area contributed by atoms with Gasteiger partial charge in [0, 0.05) is 12.2 Å². The van der Waals surface area contributed by atoms with Gasteiger partial charge in [-0.25, -0.2) is 4.79 Å². The maximum atomic E-state index is 11.3. The number of amides is 3. The quantitative estimate of drug-likeness (QED) is 0.733. The topological polar surface area (TPSA) is 94.0 Å². The molecule has 0 unspecified atom stereocenters. The molecule has 6 nitrogen and oxygen atoms in total. The van der Waals surface area contributed by atoms with Crippen LogP contribution in [0.4, 0.5) is 10.5 Å². The molecule has 0 radical (unpaired) electrons. The third-order valence-electron chi connectivity index (χ3n) is 2.06. The van der Waals surface area contributed by atoms with E-state index >= 15 is 0 Å². The lowest BCUT2D eigenvalue weighted by Gasteiger charge is -2.07. The van der Waals surface area contributed by atoms with Gasteiger partial charge < -0.3 is 10.6 Å². The van der Waals surface area contributed by atoms with E-state index < -0.39 is 11.9 Å². The highest BCUT2D eigenvalue weighted by Gasteiger charge is 2.05. The number of hydrogen-bond donors (Lipinski definition) is 3. The van der Waals surface area contributed by atoms with Gasteiger partial charge in [0.05, 0.1) is 18.2 Å². The van der Waals surface area contributed by atoms with Crippen LogP contribution in [0.25, 0.3) is 0 Å². The number of carbonyl (C=O) groups excluding carboxylic acids is 2. The molecule has 0 atom stereocenters. The van der Waals surface area contributed by atoms with Crippen molar-refractivity contribution in [2.24, 2.45) is 0 Å². The second kappa shape index (κ2) is 6.91. The lowest BCUT2D eigenvalue weighted by molar-refractivity contribution is -0.118. The van der Waals surface area contributed by atoms with Crippen LogP contribution in [0.15, 0.2) is 24.3 Å². The molecule has 0 spiro atoms. The van der Waals surface area contributed by atoms with Crippen molar-refractivity contribution in [1.29, 1.82) is 5.26 Å². The minimum Gasteiger partial charge on any atom is -0.376 e. The van der Waals surface area contributed by atoms with E-state index in [2.05, 4.69) is 16.0 Å². The van der Waals surface area contributed by atoms with Crippen molar-refractivity contribution in [3.05, 3.63) is 29.8 Å². The molecule has 3 amide bonds. The van der Waals surface area contributed by atoms with Crippen LogP contribution in [0, 0.1) is 11.3 Å². The van der Waals surface area contributed by atoms with Crippen molar-refractivity contribution in [3.8, 4) is 6.07 Å². The number of benzene rings is 1. The van der Waals surface area contributed by atoms with E-state index in [1.54, 1.807) is 31.2 Å². The third kappa shape index (κ3) is 4.53. The summed E-state index contributed by atoms with van der Waals surface area (Å²) in [5.41, 5.74) is 1.26. The molecule has 6 heteroatoms. The van der Waals surface area contributed by atoms with E-state index in [1.165, 1.54) is 0 Å². The second-order valence-electron chi connectivity index (χ2n) is 3.45. The number of hydrogen-bond acceptors (Lipinski definition) is 4. The zero-order chi connectivity index (χ0) is 13.4. The Kier molecular flexibility index (Phi) is 5.19. The summed E-state index contributed by atoms with van der Waals surface area (Å²) >= 11 is 0. The standard InChI is InChI=1S/C12H14N4O2/c1-2-14-12(18)16-11(17)8-15-10-5-3-9(7-13)4-6-10/h3-6,15H,2,8H2,1H3,(H2,14,16,17,18). The Hall–Kier alpha value is -2.55. The van der Waals surface area contributed by atoms with Crippen LogP contribution >= 0.6 is 0 Å². The van der Waals surface area contributed by atoms with Gasteiger partial charge in [0.1, 0.15) is 0 Å². The smallest absolute Gasteiger partial charge is 0.321 e. The molecule has 18 heavy (non-hydrogen) atoms. The van der Waals surface area contributed by atoms with Gasteiger partial charge in [0.2, 0.25) is 5.91 Å². The van der Waals surface area contributed by atoms with E-state index in [9.17, 15) is 9.59 Å². The first-order chi connectivity index (χ1) is 8.65. The predicted molar refractivity (Wildman–Crippen MR) is 66.9 cm³/mol. The van der Waals surface area contributed by atoms with E-state index in [1.807, 2.05) is 6.07 Å². The molecule has 0 heterocycles. The summed E-state index contributed by atoms with van der Waals surface area (Å²) in [4.78, 5) is 22.4. The molecule has 0 bridgehead atoms. The number of imide groups is 1. The van der Waals surface area contributed by atoms with Gasteiger partial charge in [-0.05, 0) is 31.2 Å². The summed E-state index contributed by atoms with van der Waals surface area (Å²) in [5, 5.41) is 16.1. The Balaban J connectivity index is 2.38. The second-order valence-corrected chi connectivity index (χ2v) is 3.45. The van der Waals surface area contributed by atoms with E-state index in [-0.39, 0.29) is 6.54 Å². The highest BCUT2D eigenvalue weighted by Crippen LogP contribution is 2.07. The summed E-state index contributed by atoms with van der Waals surface area (Å²) in [7, 11) is 0. The first-order valence-electron chi connectivity index (χ1n) is 5.47. The van der Waals surface area contributed by atoms with Crippen molar-refractivity contribution in [1.82, 2.24) is 10.6 Å². The maximum absolute atomic E-state index is 11.3. The van der Waals surface area contributed by atoms with Gasteiger partial charge in [-0.15, -0.1) is 0 Å². The van der Waals surface area contributed by atoms with Crippen LogP contribution in [-0.2, 0) is 4.79 Å². The molecule has 0 aromatic heterocycles. The summed E-state index contributed by atoms with van der Waals surface area (Å²) in [5.74, 6) is -0.426. The van der Waals surface area contributed by atoms with Crippen molar-refractivity contribution in [2.75, 3.05) is 18.4 Å². The van der Waals surface area contributed by atoms with Crippen LogP contribution in [-0.4, -0.2) is 25.0 Å². The number of nitrogens with one attached hydrogen (secondary N) is 3. The minimum absolute atomic E-state index is 0.0109. The Morgan fingerprint density at radius 1 is 1.28 bits per heavy atom. The van der Waals surface area contributed by atoms with Crippen LogP contribution in [0.1, 0.15) is 12.5 Å². The number of urea groups is 1. The molecule has 0 saturated carbocycles. The average Bonchev–Trinajstić information content (AvgIpc) is 2.37. The summed E-state index contributed by atoms with van der Waals surface area (Å²) in [6.07, 6.45) is 0. The largest absolute Gasteiger partial charge is 0.376 e. The molecule has 0 saturated heterocycles. The molecule has 1 aromatic rings. The fraction of sp³-hybridized carbons (Fsp3) is 0.250. The number of anilines is 1. The highest BCUT2D eigenvalue weighted by molar-refractivity contribution is 5.96. The highest BCUT2D eigenvalue weighted by atomic mass is 16.2. The van der Waals surface area contributed by atoms with Crippen LogP contribution in [0.5, 0.6) is 0 Å². The number of nitrogens with zero attached hydrogens (tertiary/aromatic N) is 1. The Morgan fingerprint density at radius 3 is 2.50 bits per heavy atom. The van der Waals surface area contributed by atoms with Gasteiger partial charge in [-0.1, -0.05) is 0 Å². The summed E-state index contributed by atoms with van der Waals surface area (Å²) in [6.45, 7) is 2.21. The minimum atomic E-state index is -0.510. The molecule has 1 aromatic carbocycles. The van der Waals surface area contributed by atoms with Gasteiger partial charge in [-0.2, -0.15) is 5.26 Å². The van der Waals surface area contributed by atoms with Gasteiger partial charge in [0.25, 0.3) is 0 Å². The van der Waals surface area contributed by atoms with Crippen molar-refractivity contribution in [3.63, 3.8) is 0 Å². The Bertz CT molecular complexity index is 462. The Labute approximate surface area is 105 Å². The first kappa shape index (κ1) is 13.5. The molecule has 0 fully saturated rings. The SMILES string of the molecule is CCNC(=O)NC(=O)CNc1ccc(C#N)cc1. The maximum Gasteiger partial charge on any atom is 0.321 e. The molecular formula is C12H14N4O2. The molecule has 0 aliphatic heterocycles. The van der Waals surface area contributed by atoms with Gasteiger partial charge in [-0.3, -0.25) is 10.1 Å².